The molecule has 2 heterocycles. The largest absolute Gasteiger partial charge is 0.490 e. The summed E-state index contributed by atoms with van der Waals surface area (Å²) < 4.78 is 19.1. The molecule has 1 unspecified atom stereocenters. The molecular formula is C25H27ClN4O4. The number of anilines is 1. The van der Waals surface area contributed by atoms with Crippen LogP contribution < -0.4 is 14.8 Å². The molecule has 3 aromatic rings. The van der Waals surface area contributed by atoms with E-state index >= 15 is 0 Å². The second kappa shape index (κ2) is 10.2. The minimum atomic E-state index is -0.533. The highest BCUT2D eigenvalue weighted by Gasteiger charge is 2.35. The standard InChI is InChI=1S/C25H27ClN4O4/c1-5-32-21-12-18(8-11-20(21)33-13-17-6-9-19(26)10-7-17)23-22(24(31)34-15(2)3)16(4)29-25-27-14-28-30(23)25/h6-12,14-15,23H,5,13H2,1-4H3,(H,27,28,29). The van der Waals surface area contributed by atoms with Gasteiger partial charge < -0.3 is 19.5 Å². The van der Waals surface area contributed by atoms with E-state index in [1.807, 2.05) is 70.2 Å². The fourth-order valence-electron chi connectivity index (χ4n) is 3.77. The van der Waals surface area contributed by atoms with E-state index in [1.165, 1.54) is 6.33 Å². The van der Waals surface area contributed by atoms with Crippen LogP contribution in [0.5, 0.6) is 11.5 Å². The van der Waals surface area contributed by atoms with Crippen molar-refractivity contribution in [3.05, 3.63) is 76.2 Å². The molecule has 1 aliphatic heterocycles. The third kappa shape index (κ3) is 5.02. The number of hydrogen-bond donors (Lipinski definition) is 1. The fraction of sp³-hybridized carbons (Fsp3) is 0.320. The van der Waals surface area contributed by atoms with Gasteiger partial charge in [0.1, 0.15) is 19.0 Å². The van der Waals surface area contributed by atoms with Crippen LogP contribution in [0.4, 0.5) is 5.95 Å². The van der Waals surface area contributed by atoms with E-state index in [-0.39, 0.29) is 6.10 Å². The third-order valence-corrected chi connectivity index (χ3v) is 5.50. The molecule has 0 radical (unpaired) electrons. The minimum absolute atomic E-state index is 0.256. The number of esters is 1. The molecule has 1 N–H and O–H groups in total. The van der Waals surface area contributed by atoms with Gasteiger partial charge in [-0.15, -0.1) is 0 Å². The summed E-state index contributed by atoms with van der Waals surface area (Å²) in [4.78, 5) is 17.3. The summed E-state index contributed by atoms with van der Waals surface area (Å²) in [6, 6.07) is 12.6. The van der Waals surface area contributed by atoms with Crippen molar-refractivity contribution < 1.29 is 19.0 Å². The lowest BCUT2D eigenvalue weighted by molar-refractivity contribution is -0.143. The number of halogens is 1. The quantitative estimate of drug-likeness (QED) is 0.444. The molecule has 9 heteroatoms. The Balaban J connectivity index is 1.69. The van der Waals surface area contributed by atoms with Crippen LogP contribution in [0, 0.1) is 0 Å². The zero-order valence-corrected chi connectivity index (χ0v) is 20.3. The number of hydrogen-bond acceptors (Lipinski definition) is 7. The molecule has 1 aromatic heterocycles. The molecule has 4 rings (SSSR count). The van der Waals surface area contributed by atoms with Crippen molar-refractivity contribution >= 4 is 23.5 Å². The number of fused-ring (bicyclic) bond motifs is 1. The molecule has 1 aliphatic rings. The Bertz CT molecular complexity index is 1200. The van der Waals surface area contributed by atoms with Crippen LogP contribution in [0.15, 0.2) is 60.1 Å². The first-order valence-corrected chi connectivity index (χ1v) is 11.5. The lowest BCUT2D eigenvalue weighted by Crippen LogP contribution is -2.30. The molecule has 8 nitrogen and oxygen atoms in total. The van der Waals surface area contributed by atoms with Gasteiger partial charge >= 0.3 is 5.97 Å². The molecule has 0 spiro atoms. The van der Waals surface area contributed by atoms with Crippen molar-refractivity contribution in [2.24, 2.45) is 0 Å². The van der Waals surface area contributed by atoms with Gasteiger partial charge in [-0.1, -0.05) is 29.8 Å². The predicted octanol–water partition coefficient (Wildman–Crippen LogP) is 5.15. The topological polar surface area (TPSA) is 87.5 Å². The number of allylic oxidation sites excluding steroid dienone is 1. The van der Waals surface area contributed by atoms with Crippen molar-refractivity contribution in [1.82, 2.24) is 14.8 Å². The number of nitrogens with zero attached hydrogens (tertiary/aromatic N) is 3. The highest BCUT2D eigenvalue weighted by molar-refractivity contribution is 6.30. The monoisotopic (exact) mass is 482 g/mol. The molecule has 0 saturated carbocycles. The SMILES string of the molecule is CCOc1cc(C2C(C(=O)OC(C)C)=C(C)Nc3ncnn32)ccc1OCc1ccc(Cl)cc1. The lowest BCUT2D eigenvalue weighted by Gasteiger charge is -2.29. The van der Waals surface area contributed by atoms with Crippen molar-refractivity contribution in [2.45, 2.75) is 46.4 Å². The number of rotatable bonds is 8. The maximum atomic E-state index is 13.0. The fourth-order valence-corrected chi connectivity index (χ4v) is 3.89. The Morgan fingerprint density at radius 1 is 1.15 bits per heavy atom. The van der Waals surface area contributed by atoms with E-state index in [2.05, 4.69) is 15.4 Å². The zero-order valence-electron chi connectivity index (χ0n) is 19.5. The van der Waals surface area contributed by atoms with Crippen LogP contribution in [0.25, 0.3) is 0 Å². The normalized spacial score (nSPS) is 15.1. The van der Waals surface area contributed by atoms with E-state index in [0.717, 1.165) is 11.1 Å². The highest BCUT2D eigenvalue weighted by atomic mass is 35.5. The van der Waals surface area contributed by atoms with Gasteiger partial charge in [0.05, 0.1) is 18.3 Å². The summed E-state index contributed by atoms with van der Waals surface area (Å²) in [5.74, 6) is 1.31. The van der Waals surface area contributed by atoms with E-state index in [0.29, 0.717) is 47.0 Å². The van der Waals surface area contributed by atoms with Crippen LogP contribution in [0.2, 0.25) is 5.02 Å². The van der Waals surface area contributed by atoms with E-state index in [4.69, 9.17) is 25.8 Å². The first-order valence-electron chi connectivity index (χ1n) is 11.1. The first kappa shape index (κ1) is 23.6. The molecular weight excluding hydrogens is 456 g/mol. The van der Waals surface area contributed by atoms with Crippen molar-refractivity contribution in [2.75, 3.05) is 11.9 Å². The van der Waals surface area contributed by atoms with E-state index in [1.54, 1.807) is 4.68 Å². The molecule has 2 aromatic carbocycles. The Morgan fingerprint density at radius 3 is 2.62 bits per heavy atom. The van der Waals surface area contributed by atoms with Gasteiger partial charge in [-0.25, -0.2) is 9.48 Å². The van der Waals surface area contributed by atoms with Crippen molar-refractivity contribution in [3.63, 3.8) is 0 Å². The first-order chi connectivity index (χ1) is 16.4. The number of aromatic nitrogens is 3. The number of carbonyl (C=O) groups is 1. The minimum Gasteiger partial charge on any atom is -0.490 e. The number of ether oxygens (including phenoxy) is 3. The molecule has 0 bridgehead atoms. The molecule has 0 aliphatic carbocycles. The van der Waals surface area contributed by atoms with Crippen LogP contribution in [0.1, 0.15) is 44.9 Å². The van der Waals surface area contributed by atoms with Gasteiger partial charge in [-0.05, 0) is 63.1 Å². The Labute approximate surface area is 203 Å². The van der Waals surface area contributed by atoms with Gasteiger partial charge in [0.2, 0.25) is 5.95 Å². The molecule has 1 atom stereocenters. The van der Waals surface area contributed by atoms with Gasteiger partial charge in [0, 0.05) is 10.7 Å². The second-order valence-corrected chi connectivity index (χ2v) is 8.54. The number of benzene rings is 2. The van der Waals surface area contributed by atoms with Crippen LogP contribution >= 0.6 is 11.6 Å². The van der Waals surface area contributed by atoms with Gasteiger partial charge in [-0.2, -0.15) is 10.1 Å². The van der Waals surface area contributed by atoms with Crippen LogP contribution in [0.3, 0.4) is 0 Å². The summed E-state index contributed by atoms with van der Waals surface area (Å²) in [6.45, 7) is 8.20. The van der Waals surface area contributed by atoms with Gasteiger partial charge in [-0.3, -0.25) is 0 Å². The summed E-state index contributed by atoms with van der Waals surface area (Å²) in [7, 11) is 0. The van der Waals surface area contributed by atoms with Gasteiger partial charge in [0.25, 0.3) is 0 Å². The van der Waals surface area contributed by atoms with E-state index < -0.39 is 12.0 Å². The summed E-state index contributed by atoms with van der Waals surface area (Å²) in [5.41, 5.74) is 2.91. The van der Waals surface area contributed by atoms with Gasteiger partial charge in [0.15, 0.2) is 11.5 Å². The smallest absolute Gasteiger partial charge is 0.338 e. The maximum absolute atomic E-state index is 13.0. The maximum Gasteiger partial charge on any atom is 0.338 e. The molecule has 0 fully saturated rings. The van der Waals surface area contributed by atoms with Crippen LogP contribution in [-0.2, 0) is 16.1 Å². The van der Waals surface area contributed by atoms with Crippen molar-refractivity contribution in [3.8, 4) is 11.5 Å². The predicted molar refractivity (Wildman–Crippen MR) is 129 cm³/mol. The summed E-state index contributed by atoms with van der Waals surface area (Å²) in [5, 5.41) is 8.17. The summed E-state index contributed by atoms with van der Waals surface area (Å²) >= 11 is 5.97. The second-order valence-electron chi connectivity index (χ2n) is 8.10. The Morgan fingerprint density at radius 2 is 1.91 bits per heavy atom. The average molecular weight is 483 g/mol. The molecule has 34 heavy (non-hydrogen) atoms. The zero-order chi connectivity index (χ0) is 24.2. The molecule has 0 amide bonds. The third-order valence-electron chi connectivity index (χ3n) is 5.25. The average Bonchev–Trinajstić information content (AvgIpc) is 3.26. The molecule has 0 saturated heterocycles. The highest BCUT2D eigenvalue weighted by Crippen LogP contribution is 2.39. The Kier molecular flexibility index (Phi) is 7.07. The van der Waals surface area contributed by atoms with Crippen LogP contribution in [-0.4, -0.2) is 33.4 Å². The molecule has 178 valence electrons. The summed E-state index contributed by atoms with van der Waals surface area (Å²) in [6.07, 6.45) is 1.19. The van der Waals surface area contributed by atoms with E-state index in [9.17, 15) is 4.79 Å². The number of nitrogens with one attached hydrogen (secondary N) is 1. The Hall–Kier alpha value is -3.52. The number of carbonyl (C=O) groups excluding carboxylic acids is 1. The lowest BCUT2D eigenvalue weighted by atomic mass is 9.95. The van der Waals surface area contributed by atoms with Crippen molar-refractivity contribution in [1.29, 1.82) is 0 Å².